The van der Waals surface area contributed by atoms with Crippen LogP contribution in [0.3, 0.4) is 0 Å². The van der Waals surface area contributed by atoms with Crippen molar-refractivity contribution in [3.63, 3.8) is 0 Å². The standard InChI is InChI=1S/C16H23BrN2O/c1-12-4-5-13(16(17)7-12)8-18-9-15-10-19-6-2-3-14(19)11-20-15/h4-5,7,14-15,18H,2-3,6,8-11H2,1H3. The molecule has 0 aliphatic carbocycles. The molecule has 2 aliphatic rings. The number of benzene rings is 1. The summed E-state index contributed by atoms with van der Waals surface area (Å²) in [5.41, 5.74) is 2.60. The van der Waals surface area contributed by atoms with Crippen molar-refractivity contribution in [2.24, 2.45) is 0 Å². The van der Waals surface area contributed by atoms with Crippen LogP contribution in [0.2, 0.25) is 0 Å². The van der Waals surface area contributed by atoms with E-state index >= 15 is 0 Å². The maximum absolute atomic E-state index is 5.96. The summed E-state index contributed by atoms with van der Waals surface area (Å²) in [6.45, 7) is 7.21. The lowest BCUT2D eigenvalue weighted by Crippen LogP contribution is -2.49. The van der Waals surface area contributed by atoms with Gasteiger partial charge in [0.1, 0.15) is 0 Å². The molecule has 2 unspecified atom stereocenters. The molecule has 2 saturated heterocycles. The van der Waals surface area contributed by atoms with Gasteiger partial charge in [0, 0.05) is 30.1 Å². The average Bonchev–Trinajstić information content (AvgIpc) is 2.89. The van der Waals surface area contributed by atoms with Crippen LogP contribution in [0, 0.1) is 6.92 Å². The Morgan fingerprint density at radius 2 is 2.35 bits per heavy atom. The normalized spacial score (nSPS) is 26.7. The summed E-state index contributed by atoms with van der Waals surface area (Å²) >= 11 is 3.63. The van der Waals surface area contributed by atoms with Gasteiger partial charge in [-0.2, -0.15) is 0 Å². The number of rotatable bonds is 4. The van der Waals surface area contributed by atoms with Gasteiger partial charge in [-0.1, -0.05) is 28.1 Å². The molecule has 0 bridgehead atoms. The van der Waals surface area contributed by atoms with Gasteiger partial charge in [0.05, 0.1) is 12.7 Å². The third-order valence-electron chi connectivity index (χ3n) is 4.36. The Kier molecular flexibility index (Phi) is 4.76. The van der Waals surface area contributed by atoms with Crippen LogP contribution >= 0.6 is 15.9 Å². The van der Waals surface area contributed by atoms with Gasteiger partial charge in [-0.25, -0.2) is 0 Å². The molecule has 1 aromatic carbocycles. The first-order valence-electron chi connectivity index (χ1n) is 7.54. The van der Waals surface area contributed by atoms with Crippen molar-refractivity contribution < 1.29 is 4.74 Å². The molecular weight excluding hydrogens is 316 g/mol. The molecule has 0 amide bonds. The summed E-state index contributed by atoms with van der Waals surface area (Å²) in [6.07, 6.45) is 2.99. The number of ether oxygens (including phenoxy) is 1. The molecule has 20 heavy (non-hydrogen) atoms. The molecule has 2 atom stereocenters. The largest absolute Gasteiger partial charge is 0.374 e. The molecule has 1 N–H and O–H groups in total. The fourth-order valence-electron chi connectivity index (χ4n) is 3.17. The number of nitrogens with zero attached hydrogens (tertiary/aromatic N) is 1. The summed E-state index contributed by atoms with van der Waals surface area (Å²) in [6, 6.07) is 7.21. The highest BCUT2D eigenvalue weighted by Crippen LogP contribution is 2.22. The van der Waals surface area contributed by atoms with Crippen LogP contribution in [0.25, 0.3) is 0 Å². The molecule has 2 heterocycles. The van der Waals surface area contributed by atoms with E-state index in [2.05, 4.69) is 51.3 Å². The molecule has 3 nitrogen and oxygen atoms in total. The smallest absolute Gasteiger partial charge is 0.0827 e. The number of aryl methyl sites for hydroxylation is 1. The predicted molar refractivity (Wildman–Crippen MR) is 84.9 cm³/mol. The van der Waals surface area contributed by atoms with E-state index in [0.717, 1.165) is 26.2 Å². The zero-order valence-electron chi connectivity index (χ0n) is 12.1. The van der Waals surface area contributed by atoms with Crippen molar-refractivity contribution in [3.8, 4) is 0 Å². The molecule has 0 spiro atoms. The first-order chi connectivity index (χ1) is 9.72. The zero-order chi connectivity index (χ0) is 13.9. The minimum absolute atomic E-state index is 0.341. The maximum atomic E-state index is 5.96. The van der Waals surface area contributed by atoms with Crippen LogP contribution in [-0.4, -0.2) is 43.3 Å². The second-order valence-electron chi connectivity index (χ2n) is 5.97. The van der Waals surface area contributed by atoms with E-state index in [1.54, 1.807) is 0 Å². The van der Waals surface area contributed by atoms with E-state index in [-0.39, 0.29) is 0 Å². The van der Waals surface area contributed by atoms with Crippen molar-refractivity contribution in [2.75, 3.05) is 26.2 Å². The second kappa shape index (κ2) is 6.56. The quantitative estimate of drug-likeness (QED) is 0.913. The van der Waals surface area contributed by atoms with E-state index in [9.17, 15) is 0 Å². The van der Waals surface area contributed by atoms with Crippen LogP contribution in [-0.2, 0) is 11.3 Å². The molecule has 2 fully saturated rings. The predicted octanol–water partition coefficient (Wildman–Crippen LogP) is 2.71. The van der Waals surface area contributed by atoms with E-state index in [1.165, 1.54) is 35.0 Å². The van der Waals surface area contributed by atoms with Gasteiger partial charge in [-0.3, -0.25) is 4.90 Å². The van der Waals surface area contributed by atoms with Gasteiger partial charge in [-0.05, 0) is 43.5 Å². The summed E-state index contributed by atoms with van der Waals surface area (Å²) in [5.74, 6) is 0. The lowest BCUT2D eigenvalue weighted by Gasteiger charge is -2.35. The molecule has 110 valence electrons. The van der Waals surface area contributed by atoms with Gasteiger partial charge in [0.2, 0.25) is 0 Å². The van der Waals surface area contributed by atoms with Crippen LogP contribution < -0.4 is 5.32 Å². The van der Waals surface area contributed by atoms with E-state index in [1.807, 2.05) is 0 Å². The van der Waals surface area contributed by atoms with E-state index in [0.29, 0.717) is 12.1 Å². The molecule has 3 rings (SSSR count). The Morgan fingerprint density at radius 3 is 3.20 bits per heavy atom. The minimum Gasteiger partial charge on any atom is -0.374 e. The summed E-state index contributed by atoms with van der Waals surface area (Å²) in [4.78, 5) is 2.59. The third-order valence-corrected chi connectivity index (χ3v) is 5.10. The zero-order valence-corrected chi connectivity index (χ0v) is 13.7. The van der Waals surface area contributed by atoms with Gasteiger partial charge in [0.15, 0.2) is 0 Å². The van der Waals surface area contributed by atoms with Crippen LogP contribution in [0.5, 0.6) is 0 Å². The maximum Gasteiger partial charge on any atom is 0.0827 e. The fourth-order valence-corrected chi connectivity index (χ4v) is 3.81. The van der Waals surface area contributed by atoms with Crippen molar-refractivity contribution >= 4 is 15.9 Å². The van der Waals surface area contributed by atoms with E-state index in [4.69, 9.17) is 4.74 Å². The van der Waals surface area contributed by atoms with Crippen molar-refractivity contribution in [1.82, 2.24) is 10.2 Å². The summed E-state index contributed by atoms with van der Waals surface area (Å²) in [7, 11) is 0. The van der Waals surface area contributed by atoms with Crippen molar-refractivity contribution in [2.45, 2.75) is 38.5 Å². The second-order valence-corrected chi connectivity index (χ2v) is 6.83. The third kappa shape index (κ3) is 3.42. The van der Waals surface area contributed by atoms with Crippen molar-refractivity contribution in [1.29, 1.82) is 0 Å². The van der Waals surface area contributed by atoms with Gasteiger partial charge < -0.3 is 10.1 Å². The Morgan fingerprint density at radius 1 is 1.45 bits per heavy atom. The molecule has 0 saturated carbocycles. The first kappa shape index (κ1) is 14.5. The minimum atomic E-state index is 0.341. The summed E-state index contributed by atoms with van der Waals surface area (Å²) < 4.78 is 7.15. The highest BCUT2D eigenvalue weighted by atomic mass is 79.9. The number of halogens is 1. The molecule has 4 heteroatoms. The lowest BCUT2D eigenvalue weighted by atomic mass is 10.1. The number of nitrogens with one attached hydrogen (secondary N) is 1. The Labute approximate surface area is 129 Å². The Hall–Kier alpha value is -0.420. The fraction of sp³-hybridized carbons (Fsp3) is 0.625. The van der Waals surface area contributed by atoms with Crippen LogP contribution in [0.4, 0.5) is 0 Å². The molecule has 1 aromatic rings. The molecular formula is C16H23BrN2O. The van der Waals surface area contributed by atoms with Gasteiger partial charge in [-0.15, -0.1) is 0 Å². The molecule has 0 radical (unpaired) electrons. The first-order valence-corrected chi connectivity index (χ1v) is 8.33. The van der Waals surface area contributed by atoms with E-state index < -0.39 is 0 Å². The number of hydrogen-bond donors (Lipinski definition) is 1. The van der Waals surface area contributed by atoms with Crippen LogP contribution in [0.1, 0.15) is 24.0 Å². The Balaban J connectivity index is 1.45. The number of morpholine rings is 1. The van der Waals surface area contributed by atoms with Gasteiger partial charge in [0.25, 0.3) is 0 Å². The molecule has 0 aromatic heterocycles. The Bertz CT molecular complexity index is 466. The number of hydrogen-bond acceptors (Lipinski definition) is 3. The number of fused-ring (bicyclic) bond motifs is 1. The lowest BCUT2D eigenvalue weighted by molar-refractivity contribution is -0.0470. The monoisotopic (exact) mass is 338 g/mol. The highest BCUT2D eigenvalue weighted by Gasteiger charge is 2.31. The SMILES string of the molecule is Cc1ccc(CNCC2CN3CCCC3CO2)c(Br)c1. The van der Waals surface area contributed by atoms with Crippen LogP contribution in [0.15, 0.2) is 22.7 Å². The molecule has 2 aliphatic heterocycles. The average molecular weight is 339 g/mol. The van der Waals surface area contributed by atoms with Crippen molar-refractivity contribution in [3.05, 3.63) is 33.8 Å². The van der Waals surface area contributed by atoms with Gasteiger partial charge >= 0.3 is 0 Å². The summed E-state index contributed by atoms with van der Waals surface area (Å²) in [5, 5.41) is 3.53. The highest BCUT2D eigenvalue weighted by molar-refractivity contribution is 9.10. The topological polar surface area (TPSA) is 24.5 Å².